The number of amides is 2. The van der Waals surface area contributed by atoms with Crippen LogP contribution in [0.15, 0.2) is 30.3 Å². The summed E-state index contributed by atoms with van der Waals surface area (Å²) in [7, 11) is 0. The molecule has 120 valence electrons. The van der Waals surface area contributed by atoms with E-state index < -0.39 is 17.4 Å². The predicted molar refractivity (Wildman–Crippen MR) is 84.5 cm³/mol. The number of carboxylic acid groups (broad SMARTS) is 1. The lowest BCUT2D eigenvalue weighted by Crippen LogP contribution is -2.60. The van der Waals surface area contributed by atoms with E-state index in [0.717, 1.165) is 25.1 Å². The van der Waals surface area contributed by atoms with E-state index >= 15 is 0 Å². The maximum absolute atomic E-state index is 12.5. The Morgan fingerprint density at radius 1 is 1.18 bits per heavy atom. The highest BCUT2D eigenvalue weighted by atomic mass is 16.4. The van der Waals surface area contributed by atoms with Crippen molar-refractivity contribution in [3.63, 3.8) is 0 Å². The largest absolute Gasteiger partial charge is 0.481 e. The quantitative estimate of drug-likeness (QED) is 0.878. The molecule has 1 aromatic carbocycles. The SMILES string of the molecule is CC(C)C(NC(=O)N1CCC1)(c1ccccc1)C(C)C(=O)O. The van der Waals surface area contributed by atoms with Gasteiger partial charge in [-0.15, -0.1) is 0 Å². The molecule has 1 fully saturated rings. The van der Waals surface area contributed by atoms with Gasteiger partial charge in [0, 0.05) is 13.1 Å². The number of nitrogens with zero attached hydrogens (tertiary/aromatic N) is 1. The van der Waals surface area contributed by atoms with Gasteiger partial charge >= 0.3 is 12.0 Å². The van der Waals surface area contributed by atoms with Crippen LogP contribution < -0.4 is 5.32 Å². The van der Waals surface area contributed by atoms with Crippen molar-refractivity contribution < 1.29 is 14.7 Å². The van der Waals surface area contributed by atoms with Gasteiger partial charge in [0.15, 0.2) is 0 Å². The van der Waals surface area contributed by atoms with Gasteiger partial charge in [-0.25, -0.2) is 4.79 Å². The molecule has 1 saturated heterocycles. The van der Waals surface area contributed by atoms with Crippen molar-refractivity contribution in [1.29, 1.82) is 0 Å². The first-order valence-electron chi connectivity index (χ1n) is 7.75. The number of likely N-dealkylation sites (tertiary alicyclic amines) is 1. The molecule has 0 aromatic heterocycles. The van der Waals surface area contributed by atoms with Gasteiger partial charge < -0.3 is 15.3 Å². The molecule has 1 aliphatic rings. The average Bonchev–Trinajstić information content (AvgIpc) is 2.42. The maximum atomic E-state index is 12.5. The molecule has 22 heavy (non-hydrogen) atoms. The van der Waals surface area contributed by atoms with Gasteiger partial charge in [0.05, 0.1) is 11.5 Å². The summed E-state index contributed by atoms with van der Waals surface area (Å²) in [6.45, 7) is 7.02. The summed E-state index contributed by atoms with van der Waals surface area (Å²) < 4.78 is 0. The van der Waals surface area contributed by atoms with E-state index in [1.165, 1.54) is 0 Å². The third-order valence-electron chi connectivity index (χ3n) is 4.67. The monoisotopic (exact) mass is 304 g/mol. The Kier molecular flexibility index (Phi) is 4.74. The van der Waals surface area contributed by atoms with Crippen LogP contribution in [0, 0.1) is 11.8 Å². The summed E-state index contributed by atoms with van der Waals surface area (Å²) in [5.41, 5.74) is -0.103. The normalized spacial score (nSPS) is 18.3. The standard InChI is InChI=1S/C17H24N2O3/c1-12(2)17(13(3)15(20)21,14-8-5-4-6-9-14)18-16(22)19-10-7-11-19/h4-6,8-9,12-13H,7,10-11H2,1-3H3,(H,18,22)(H,20,21). The second kappa shape index (κ2) is 6.38. The van der Waals surface area contributed by atoms with Crippen molar-refractivity contribution in [3.8, 4) is 0 Å². The van der Waals surface area contributed by atoms with Crippen molar-refractivity contribution in [2.24, 2.45) is 11.8 Å². The molecule has 2 rings (SSSR count). The van der Waals surface area contributed by atoms with Crippen molar-refractivity contribution in [2.75, 3.05) is 13.1 Å². The first-order chi connectivity index (χ1) is 10.4. The van der Waals surface area contributed by atoms with Gasteiger partial charge in [-0.3, -0.25) is 4.79 Å². The highest BCUT2D eigenvalue weighted by Gasteiger charge is 2.46. The van der Waals surface area contributed by atoms with Crippen LogP contribution in [0.1, 0.15) is 32.8 Å². The van der Waals surface area contributed by atoms with Crippen molar-refractivity contribution >= 4 is 12.0 Å². The fourth-order valence-corrected chi connectivity index (χ4v) is 3.09. The van der Waals surface area contributed by atoms with Crippen LogP contribution in [0.3, 0.4) is 0 Å². The highest BCUT2D eigenvalue weighted by molar-refractivity contribution is 5.79. The fraction of sp³-hybridized carbons (Fsp3) is 0.529. The van der Waals surface area contributed by atoms with E-state index in [4.69, 9.17) is 0 Å². The first kappa shape index (κ1) is 16.3. The molecule has 0 spiro atoms. The second-order valence-electron chi connectivity index (χ2n) is 6.22. The molecule has 0 saturated carbocycles. The Hall–Kier alpha value is -2.04. The zero-order valence-electron chi connectivity index (χ0n) is 13.4. The Balaban J connectivity index is 2.45. The number of hydrogen-bond acceptors (Lipinski definition) is 2. The Morgan fingerprint density at radius 3 is 2.18 bits per heavy atom. The molecule has 2 amide bonds. The van der Waals surface area contributed by atoms with E-state index in [-0.39, 0.29) is 11.9 Å². The van der Waals surface area contributed by atoms with Gasteiger partial charge in [-0.2, -0.15) is 0 Å². The molecule has 5 heteroatoms. The van der Waals surface area contributed by atoms with Crippen LogP contribution in [0.5, 0.6) is 0 Å². The number of rotatable bonds is 5. The number of urea groups is 1. The van der Waals surface area contributed by atoms with Gasteiger partial charge in [0.25, 0.3) is 0 Å². The highest BCUT2D eigenvalue weighted by Crippen LogP contribution is 2.37. The zero-order chi connectivity index (χ0) is 16.3. The summed E-state index contributed by atoms with van der Waals surface area (Å²) >= 11 is 0. The molecule has 1 aromatic rings. The zero-order valence-corrected chi connectivity index (χ0v) is 13.4. The fourth-order valence-electron chi connectivity index (χ4n) is 3.09. The lowest BCUT2D eigenvalue weighted by atomic mass is 9.71. The van der Waals surface area contributed by atoms with Crippen LogP contribution in [-0.2, 0) is 10.3 Å². The van der Waals surface area contributed by atoms with Gasteiger partial charge in [-0.1, -0.05) is 44.2 Å². The first-order valence-corrected chi connectivity index (χ1v) is 7.75. The molecule has 1 heterocycles. The minimum Gasteiger partial charge on any atom is -0.481 e. The van der Waals surface area contributed by atoms with Crippen molar-refractivity contribution in [3.05, 3.63) is 35.9 Å². The van der Waals surface area contributed by atoms with Gasteiger partial charge in [-0.05, 0) is 24.8 Å². The van der Waals surface area contributed by atoms with Gasteiger partial charge in [0.2, 0.25) is 0 Å². The molecule has 2 N–H and O–H groups in total. The molecule has 2 atom stereocenters. The molecule has 0 aliphatic carbocycles. The lowest BCUT2D eigenvalue weighted by Gasteiger charge is -2.44. The minimum absolute atomic E-state index is 0.0637. The minimum atomic E-state index is -0.931. The molecule has 2 unspecified atom stereocenters. The summed E-state index contributed by atoms with van der Waals surface area (Å²) in [6.07, 6.45) is 1.00. The van der Waals surface area contributed by atoms with Gasteiger partial charge in [0.1, 0.15) is 0 Å². The van der Waals surface area contributed by atoms with E-state index in [1.807, 2.05) is 44.2 Å². The van der Waals surface area contributed by atoms with E-state index in [1.54, 1.807) is 11.8 Å². The molecule has 0 bridgehead atoms. The van der Waals surface area contributed by atoms with Crippen LogP contribution >= 0.6 is 0 Å². The topological polar surface area (TPSA) is 69.6 Å². The van der Waals surface area contributed by atoms with E-state index in [0.29, 0.717) is 0 Å². The second-order valence-corrected chi connectivity index (χ2v) is 6.22. The molecule has 0 radical (unpaired) electrons. The lowest BCUT2D eigenvalue weighted by molar-refractivity contribution is -0.145. The number of carboxylic acids is 1. The smallest absolute Gasteiger partial charge is 0.318 e. The number of hydrogen-bond donors (Lipinski definition) is 2. The summed E-state index contributed by atoms with van der Waals surface area (Å²) in [6, 6.07) is 9.22. The van der Waals surface area contributed by atoms with E-state index in [9.17, 15) is 14.7 Å². The average molecular weight is 304 g/mol. The predicted octanol–water partition coefficient (Wildman–Crippen LogP) is 2.67. The van der Waals surface area contributed by atoms with Crippen LogP contribution in [0.25, 0.3) is 0 Å². The number of carbonyl (C=O) groups excluding carboxylic acids is 1. The van der Waals surface area contributed by atoms with Crippen LogP contribution in [-0.4, -0.2) is 35.1 Å². The van der Waals surface area contributed by atoms with Crippen LogP contribution in [0.2, 0.25) is 0 Å². The number of benzene rings is 1. The summed E-state index contributed by atoms with van der Waals surface area (Å²) in [5, 5.41) is 12.6. The molecular formula is C17H24N2O3. The van der Waals surface area contributed by atoms with Crippen molar-refractivity contribution in [2.45, 2.75) is 32.7 Å². The van der Waals surface area contributed by atoms with Crippen LogP contribution in [0.4, 0.5) is 4.79 Å². The maximum Gasteiger partial charge on any atom is 0.318 e. The van der Waals surface area contributed by atoms with E-state index in [2.05, 4.69) is 5.32 Å². The molecular weight excluding hydrogens is 280 g/mol. The molecule has 5 nitrogen and oxygen atoms in total. The third-order valence-corrected chi connectivity index (χ3v) is 4.67. The Labute approximate surface area is 131 Å². The summed E-state index contributed by atoms with van der Waals surface area (Å²) in [4.78, 5) is 25.9. The third kappa shape index (κ3) is 2.80. The number of carbonyl (C=O) groups is 2. The number of aliphatic carboxylic acids is 1. The van der Waals surface area contributed by atoms with Crippen molar-refractivity contribution in [1.82, 2.24) is 10.2 Å². The number of nitrogens with one attached hydrogen (secondary N) is 1. The Bertz CT molecular complexity index is 540. The Morgan fingerprint density at radius 2 is 1.77 bits per heavy atom. The summed E-state index contributed by atoms with van der Waals surface area (Å²) in [5.74, 6) is -1.71. The molecule has 1 aliphatic heterocycles.